The summed E-state index contributed by atoms with van der Waals surface area (Å²) in [6.07, 6.45) is 0.167. The number of anilines is 1. The molecule has 0 aliphatic rings. The lowest BCUT2D eigenvalue weighted by Gasteiger charge is -2.16. The zero-order valence-corrected chi connectivity index (χ0v) is 11.4. The van der Waals surface area contributed by atoms with E-state index in [4.69, 9.17) is 22.7 Å². The minimum atomic E-state index is 0.167. The molecule has 0 fully saturated rings. The number of rotatable bonds is 6. The zero-order valence-electron chi connectivity index (χ0n) is 10.6. The Hall–Kier alpha value is -1.13. The standard InChI is InChI=1S/C13H20N2OS/c1-4-16-10(3)8-15-12-6-5-9(2)7-11(12)13(14)17/h5-7,10,15H,4,8H2,1-3H3,(H2,14,17). The van der Waals surface area contributed by atoms with Crippen LogP contribution in [0, 0.1) is 6.92 Å². The number of thiocarbonyl (C=S) groups is 1. The quantitative estimate of drug-likeness (QED) is 0.764. The highest BCUT2D eigenvalue weighted by Crippen LogP contribution is 2.17. The van der Waals surface area contributed by atoms with E-state index in [2.05, 4.69) is 5.32 Å². The van der Waals surface area contributed by atoms with Crippen LogP contribution in [0.15, 0.2) is 18.2 Å². The molecule has 0 aliphatic carbocycles. The van der Waals surface area contributed by atoms with Crippen LogP contribution in [0.3, 0.4) is 0 Å². The van der Waals surface area contributed by atoms with Gasteiger partial charge in [-0.15, -0.1) is 0 Å². The van der Waals surface area contributed by atoms with E-state index in [0.717, 1.165) is 30.0 Å². The topological polar surface area (TPSA) is 47.3 Å². The molecule has 0 aliphatic heterocycles. The molecule has 1 unspecified atom stereocenters. The second-order valence-corrected chi connectivity index (χ2v) is 4.50. The number of nitrogens with one attached hydrogen (secondary N) is 1. The van der Waals surface area contributed by atoms with E-state index in [9.17, 15) is 0 Å². The molecular formula is C13H20N2OS. The Morgan fingerprint density at radius 2 is 2.24 bits per heavy atom. The predicted octanol–water partition coefficient (Wildman–Crippen LogP) is 2.47. The number of aryl methyl sites for hydroxylation is 1. The molecule has 0 spiro atoms. The molecular weight excluding hydrogens is 232 g/mol. The summed E-state index contributed by atoms with van der Waals surface area (Å²) in [4.78, 5) is 0.417. The van der Waals surface area contributed by atoms with Crippen molar-refractivity contribution in [1.82, 2.24) is 0 Å². The minimum Gasteiger partial charge on any atom is -0.389 e. The highest BCUT2D eigenvalue weighted by atomic mass is 32.1. The zero-order chi connectivity index (χ0) is 12.8. The van der Waals surface area contributed by atoms with E-state index in [1.807, 2.05) is 39.0 Å². The molecule has 1 rings (SSSR count). The predicted molar refractivity (Wildman–Crippen MR) is 76.6 cm³/mol. The summed E-state index contributed by atoms with van der Waals surface area (Å²) in [5, 5.41) is 3.31. The van der Waals surface area contributed by atoms with Crippen LogP contribution in [-0.2, 0) is 4.74 Å². The first-order chi connectivity index (χ1) is 8.04. The lowest BCUT2D eigenvalue weighted by Crippen LogP contribution is -2.21. The van der Waals surface area contributed by atoms with Gasteiger partial charge >= 0.3 is 0 Å². The molecule has 0 bridgehead atoms. The van der Waals surface area contributed by atoms with Crippen molar-refractivity contribution < 1.29 is 4.74 Å². The Morgan fingerprint density at radius 3 is 2.82 bits per heavy atom. The van der Waals surface area contributed by atoms with Gasteiger partial charge in [0.05, 0.1) is 6.10 Å². The van der Waals surface area contributed by atoms with Crippen molar-refractivity contribution in [2.75, 3.05) is 18.5 Å². The summed E-state index contributed by atoms with van der Waals surface area (Å²) in [5.74, 6) is 0. The van der Waals surface area contributed by atoms with E-state index in [0.29, 0.717) is 4.99 Å². The van der Waals surface area contributed by atoms with Crippen LogP contribution in [0.5, 0.6) is 0 Å². The first-order valence-corrected chi connectivity index (χ1v) is 6.21. The van der Waals surface area contributed by atoms with E-state index in [-0.39, 0.29) is 6.10 Å². The van der Waals surface area contributed by atoms with Crippen molar-refractivity contribution in [3.63, 3.8) is 0 Å². The maximum absolute atomic E-state index is 5.71. The third kappa shape index (κ3) is 4.32. The van der Waals surface area contributed by atoms with E-state index < -0.39 is 0 Å². The average Bonchev–Trinajstić information content (AvgIpc) is 2.27. The second kappa shape index (κ2) is 6.57. The molecule has 0 radical (unpaired) electrons. The lowest BCUT2D eigenvalue weighted by molar-refractivity contribution is 0.0855. The number of hydrogen-bond donors (Lipinski definition) is 2. The van der Waals surface area contributed by atoms with Crippen LogP contribution in [0.4, 0.5) is 5.69 Å². The Bertz CT molecular complexity index is 393. The number of nitrogens with two attached hydrogens (primary N) is 1. The molecule has 0 saturated carbocycles. The van der Waals surface area contributed by atoms with Gasteiger partial charge in [0.25, 0.3) is 0 Å². The summed E-state index contributed by atoms with van der Waals surface area (Å²) < 4.78 is 5.46. The van der Waals surface area contributed by atoms with Gasteiger partial charge in [0.1, 0.15) is 4.99 Å². The van der Waals surface area contributed by atoms with Crippen LogP contribution < -0.4 is 11.1 Å². The van der Waals surface area contributed by atoms with Gasteiger partial charge in [-0.2, -0.15) is 0 Å². The van der Waals surface area contributed by atoms with Crippen molar-refractivity contribution in [3.05, 3.63) is 29.3 Å². The van der Waals surface area contributed by atoms with Crippen LogP contribution in [0.2, 0.25) is 0 Å². The van der Waals surface area contributed by atoms with Crippen LogP contribution in [0.1, 0.15) is 25.0 Å². The second-order valence-electron chi connectivity index (χ2n) is 4.06. The fourth-order valence-corrected chi connectivity index (χ4v) is 1.78. The van der Waals surface area contributed by atoms with Crippen molar-refractivity contribution in [2.24, 2.45) is 5.73 Å². The monoisotopic (exact) mass is 252 g/mol. The van der Waals surface area contributed by atoms with Crippen LogP contribution >= 0.6 is 12.2 Å². The number of ether oxygens (including phenoxy) is 1. The summed E-state index contributed by atoms with van der Waals surface area (Å²) >= 11 is 5.05. The fourth-order valence-electron chi connectivity index (χ4n) is 1.61. The summed E-state index contributed by atoms with van der Waals surface area (Å²) in [6.45, 7) is 7.51. The van der Waals surface area contributed by atoms with Crippen molar-refractivity contribution in [3.8, 4) is 0 Å². The number of hydrogen-bond acceptors (Lipinski definition) is 3. The molecule has 3 N–H and O–H groups in total. The van der Waals surface area contributed by atoms with Gasteiger partial charge in [0, 0.05) is 24.4 Å². The number of benzene rings is 1. The van der Waals surface area contributed by atoms with E-state index in [1.54, 1.807) is 0 Å². The normalized spacial score (nSPS) is 12.2. The minimum absolute atomic E-state index is 0.167. The Balaban J connectivity index is 2.73. The van der Waals surface area contributed by atoms with E-state index >= 15 is 0 Å². The van der Waals surface area contributed by atoms with Gasteiger partial charge in [0.2, 0.25) is 0 Å². The first-order valence-electron chi connectivity index (χ1n) is 5.80. The van der Waals surface area contributed by atoms with Gasteiger partial charge in [0.15, 0.2) is 0 Å². The SMILES string of the molecule is CCOC(C)CNc1ccc(C)cc1C(N)=S. The molecule has 0 heterocycles. The van der Waals surface area contributed by atoms with Crippen molar-refractivity contribution in [1.29, 1.82) is 0 Å². The molecule has 4 heteroatoms. The molecule has 94 valence electrons. The molecule has 1 aromatic rings. The molecule has 1 aromatic carbocycles. The largest absolute Gasteiger partial charge is 0.389 e. The maximum Gasteiger partial charge on any atom is 0.106 e. The third-order valence-corrected chi connectivity index (χ3v) is 2.69. The Kier molecular flexibility index (Phi) is 5.38. The molecule has 0 aromatic heterocycles. The molecule has 1 atom stereocenters. The van der Waals surface area contributed by atoms with Crippen LogP contribution in [-0.4, -0.2) is 24.2 Å². The molecule has 17 heavy (non-hydrogen) atoms. The summed E-state index contributed by atoms with van der Waals surface area (Å²) in [5.41, 5.74) is 8.72. The van der Waals surface area contributed by atoms with Gasteiger partial charge in [-0.05, 0) is 32.9 Å². The molecule has 0 amide bonds. The Labute approximate surface area is 108 Å². The third-order valence-electron chi connectivity index (χ3n) is 2.47. The summed E-state index contributed by atoms with van der Waals surface area (Å²) in [7, 11) is 0. The first kappa shape index (κ1) is 13.9. The van der Waals surface area contributed by atoms with Gasteiger partial charge in [-0.3, -0.25) is 0 Å². The maximum atomic E-state index is 5.71. The highest BCUT2D eigenvalue weighted by Gasteiger charge is 2.07. The molecule has 0 saturated heterocycles. The summed E-state index contributed by atoms with van der Waals surface area (Å²) in [6, 6.07) is 6.04. The smallest absolute Gasteiger partial charge is 0.106 e. The van der Waals surface area contributed by atoms with Gasteiger partial charge in [-0.25, -0.2) is 0 Å². The average molecular weight is 252 g/mol. The lowest BCUT2D eigenvalue weighted by atomic mass is 10.1. The molecule has 3 nitrogen and oxygen atoms in total. The van der Waals surface area contributed by atoms with Gasteiger partial charge < -0.3 is 15.8 Å². The van der Waals surface area contributed by atoms with E-state index in [1.165, 1.54) is 0 Å². The Morgan fingerprint density at radius 1 is 1.53 bits per heavy atom. The highest BCUT2D eigenvalue weighted by molar-refractivity contribution is 7.80. The van der Waals surface area contributed by atoms with Crippen LogP contribution in [0.25, 0.3) is 0 Å². The van der Waals surface area contributed by atoms with Gasteiger partial charge in [-0.1, -0.05) is 23.8 Å². The fraction of sp³-hybridized carbons (Fsp3) is 0.462. The van der Waals surface area contributed by atoms with Crippen molar-refractivity contribution >= 4 is 22.9 Å². The van der Waals surface area contributed by atoms with Crippen molar-refractivity contribution in [2.45, 2.75) is 26.9 Å².